The number of amides is 1. The average molecular weight is 260 g/mol. The third-order valence-corrected chi connectivity index (χ3v) is 2.61. The van der Waals surface area contributed by atoms with Crippen molar-refractivity contribution in [2.24, 2.45) is 17.1 Å². The van der Waals surface area contributed by atoms with E-state index in [1.807, 2.05) is 41.5 Å². The molecule has 2 atom stereocenters. The highest BCUT2D eigenvalue weighted by atomic mass is 16.6. The maximum atomic E-state index is 11.8. The van der Waals surface area contributed by atoms with Gasteiger partial charge in [0.25, 0.3) is 0 Å². The Balaban J connectivity index is 4.76. The number of carbonyl (C=O) groups excluding carboxylic acids is 1. The van der Waals surface area contributed by atoms with E-state index in [1.165, 1.54) is 0 Å². The number of hydrogen-bond donors (Lipinski definition) is 3. The minimum absolute atomic E-state index is 0.0613. The zero-order valence-corrected chi connectivity index (χ0v) is 12.4. The van der Waals surface area contributed by atoms with Gasteiger partial charge in [0.15, 0.2) is 0 Å². The lowest BCUT2D eigenvalue weighted by atomic mass is 9.79. The van der Waals surface area contributed by atoms with Crippen LogP contribution >= 0.6 is 0 Å². The van der Waals surface area contributed by atoms with Crippen LogP contribution in [0.15, 0.2) is 0 Å². The summed E-state index contributed by atoms with van der Waals surface area (Å²) in [5.74, 6) is -0.183. The number of nitrogens with two attached hydrogens (primary N) is 1. The van der Waals surface area contributed by atoms with Crippen molar-refractivity contribution in [3.05, 3.63) is 0 Å². The van der Waals surface area contributed by atoms with Crippen LogP contribution in [0.4, 0.5) is 4.79 Å². The van der Waals surface area contributed by atoms with Gasteiger partial charge in [-0.05, 0) is 32.7 Å². The second kappa shape index (κ2) is 6.38. The predicted molar refractivity (Wildman–Crippen MR) is 72.2 cm³/mol. The van der Waals surface area contributed by atoms with Crippen molar-refractivity contribution in [3.63, 3.8) is 0 Å². The first-order valence-electron chi connectivity index (χ1n) is 6.31. The fraction of sp³-hybridized carbons (Fsp3) is 0.923. The number of hydrogen-bond acceptors (Lipinski definition) is 4. The van der Waals surface area contributed by atoms with E-state index in [4.69, 9.17) is 10.5 Å². The van der Waals surface area contributed by atoms with Gasteiger partial charge in [-0.3, -0.25) is 0 Å². The van der Waals surface area contributed by atoms with E-state index in [0.29, 0.717) is 6.54 Å². The molecule has 108 valence electrons. The second-order valence-electron chi connectivity index (χ2n) is 6.67. The van der Waals surface area contributed by atoms with Crippen LogP contribution in [0.1, 0.15) is 41.5 Å². The largest absolute Gasteiger partial charge is 0.444 e. The van der Waals surface area contributed by atoms with E-state index in [1.54, 1.807) is 0 Å². The molecule has 0 aliphatic rings. The molecule has 0 fully saturated rings. The lowest BCUT2D eigenvalue weighted by Gasteiger charge is -2.36. The Labute approximate surface area is 110 Å². The minimum atomic E-state index is -0.538. The Kier molecular flexibility index (Phi) is 6.10. The molecule has 0 heterocycles. The van der Waals surface area contributed by atoms with Crippen LogP contribution in [0.2, 0.25) is 0 Å². The number of ether oxygens (including phenoxy) is 1. The van der Waals surface area contributed by atoms with Crippen molar-refractivity contribution in [3.8, 4) is 0 Å². The number of nitrogens with one attached hydrogen (secondary N) is 1. The van der Waals surface area contributed by atoms with Gasteiger partial charge in [-0.15, -0.1) is 0 Å². The Morgan fingerprint density at radius 1 is 1.28 bits per heavy atom. The molecule has 5 nitrogen and oxygen atoms in total. The summed E-state index contributed by atoms with van der Waals surface area (Å²) in [6.45, 7) is 11.7. The highest BCUT2D eigenvalue weighted by Gasteiger charge is 2.33. The van der Waals surface area contributed by atoms with Crippen molar-refractivity contribution in [1.82, 2.24) is 5.32 Å². The molecule has 0 aromatic heterocycles. The summed E-state index contributed by atoms with van der Waals surface area (Å²) in [5, 5.41) is 12.1. The molecule has 0 rings (SSSR count). The quantitative estimate of drug-likeness (QED) is 0.715. The summed E-state index contributed by atoms with van der Waals surface area (Å²) in [6.07, 6.45) is -0.477. The first-order chi connectivity index (χ1) is 8.01. The molecule has 1 amide bonds. The smallest absolute Gasteiger partial charge is 0.407 e. The zero-order valence-electron chi connectivity index (χ0n) is 12.4. The normalized spacial score (nSPS) is 16.0. The summed E-state index contributed by atoms with van der Waals surface area (Å²) >= 11 is 0. The number of carbonyl (C=O) groups is 1. The molecule has 2 unspecified atom stereocenters. The number of alkyl carbamates (subject to hydrolysis) is 1. The van der Waals surface area contributed by atoms with Crippen molar-refractivity contribution < 1.29 is 14.6 Å². The van der Waals surface area contributed by atoms with E-state index >= 15 is 0 Å². The standard InChI is InChI=1S/C13H28N2O3/c1-12(2,3)10(9(7-14)8-16)15-11(17)18-13(4,5)6/h9-10,16H,7-8,14H2,1-6H3,(H,15,17). The van der Waals surface area contributed by atoms with Crippen LogP contribution in [-0.2, 0) is 4.74 Å². The molecule has 0 spiro atoms. The second-order valence-corrected chi connectivity index (χ2v) is 6.67. The third-order valence-electron chi connectivity index (χ3n) is 2.61. The maximum Gasteiger partial charge on any atom is 0.407 e. The van der Waals surface area contributed by atoms with Gasteiger partial charge in [0.2, 0.25) is 0 Å². The van der Waals surface area contributed by atoms with Crippen molar-refractivity contribution in [1.29, 1.82) is 0 Å². The predicted octanol–water partition coefficient (Wildman–Crippen LogP) is 1.49. The third kappa shape index (κ3) is 6.21. The Hall–Kier alpha value is -0.810. The zero-order chi connectivity index (χ0) is 14.6. The summed E-state index contributed by atoms with van der Waals surface area (Å²) in [5.41, 5.74) is 4.89. The molecule has 0 aromatic carbocycles. The highest BCUT2D eigenvalue weighted by Crippen LogP contribution is 2.25. The Morgan fingerprint density at radius 2 is 1.78 bits per heavy atom. The van der Waals surface area contributed by atoms with Gasteiger partial charge in [0.1, 0.15) is 5.60 Å². The van der Waals surface area contributed by atoms with Crippen LogP contribution in [0, 0.1) is 11.3 Å². The van der Waals surface area contributed by atoms with Crippen LogP contribution < -0.4 is 11.1 Å². The van der Waals surface area contributed by atoms with Gasteiger partial charge in [0, 0.05) is 18.6 Å². The molecule has 0 bridgehead atoms. The number of aliphatic hydroxyl groups excluding tert-OH is 1. The van der Waals surface area contributed by atoms with Crippen molar-refractivity contribution in [2.75, 3.05) is 13.2 Å². The lowest BCUT2D eigenvalue weighted by Crippen LogP contribution is -2.52. The van der Waals surface area contributed by atoms with Crippen molar-refractivity contribution >= 4 is 6.09 Å². The highest BCUT2D eigenvalue weighted by molar-refractivity contribution is 5.68. The van der Waals surface area contributed by atoms with E-state index in [2.05, 4.69) is 5.32 Å². The molecule has 4 N–H and O–H groups in total. The van der Waals surface area contributed by atoms with E-state index < -0.39 is 11.7 Å². The summed E-state index contributed by atoms with van der Waals surface area (Å²) in [6, 6.07) is -0.234. The van der Waals surface area contributed by atoms with Gasteiger partial charge in [0.05, 0.1) is 0 Å². The molecule has 0 radical (unpaired) electrons. The van der Waals surface area contributed by atoms with E-state index in [0.717, 1.165) is 0 Å². The lowest BCUT2D eigenvalue weighted by molar-refractivity contribution is 0.0394. The fourth-order valence-corrected chi connectivity index (χ4v) is 1.79. The summed E-state index contributed by atoms with van der Waals surface area (Å²) in [4.78, 5) is 11.8. The SMILES string of the molecule is CC(C)(C)OC(=O)NC(C(CN)CO)C(C)(C)C. The molecular weight excluding hydrogens is 232 g/mol. The number of rotatable bonds is 4. The van der Waals surface area contributed by atoms with Crippen molar-refractivity contribution in [2.45, 2.75) is 53.2 Å². The van der Waals surface area contributed by atoms with Gasteiger partial charge in [-0.1, -0.05) is 20.8 Å². The maximum absolute atomic E-state index is 11.8. The van der Waals surface area contributed by atoms with Gasteiger partial charge in [-0.25, -0.2) is 4.79 Å². The first-order valence-corrected chi connectivity index (χ1v) is 6.31. The summed E-state index contributed by atoms with van der Waals surface area (Å²) < 4.78 is 5.23. The van der Waals surface area contributed by atoms with Crippen LogP contribution in [0.5, 0.6) is 0 Å². The topological polar surface area (TPSA) is 84.6 Å². The molecular formula is C13H28N2O3. The molecule has 0 aliphatic heterocycles. The van der Waals surface area contributed by atoms with Crippen LogP contribution in [0.3, 0.4) is 0 Å². The van der Waals surface area contributed by atoms with Crippen LogP contribution in [0.25, 0.3) is 0 Å². The summed E-state index contributed by atoms with van der Waals surface area (Å²) in [7, 11) is 0. The first kappa shape index (κ1) is 17.2. The Morgan fingerprint density at radius 3 is 2.06 bits per heavy atom. The molecule has 0 aromatic rings. The molecule has 0 aliphatic carbocycles. The average Bonchev–Trinajstić information content (AvgIpc) is 2.13. The molecule has 5 heteroatoms. The van der Waals surface area contributed by atoms with E-state index in [-0.39, 0.29) is 24.0 Å². The van der Waals surface area contributed by atoms with Gasteiger partial charge < -0.3 is 20.9 Å². The minimum Gasteiger partial charge on any atom is -0.444 e. The van der Waals surface area contributed by atoms with Gasteiger partial charge >= 0.3 is 6.09 Å². The molecule has 0 saturated heterocycles. The molecule has 18 heavy (non-hydrogen) atoms. The number of aliphatic hydroxyl groups is 1. The van der Waals surface area contributed by atoms with Crippen LogP contribution in [-0.4, -0.2) is 36.0 Å². The van der Waals surface area contributed by atoms with Gasteiger partial charge in [-0.2, -0.15) is 0 Å². The monoisotopic (exact) mass is 260 g/mol. The Bertz CT molecular complexity index is 262. The van der Waals surface area contributed by atoms with E-state index in [9.17, 15) is 9.90 Å². The fourth-order valence-electron chi connectivity index (χ4n) is 1.79. The molecule has 0 saturated carbocycles.